The van der Waals surface area contributed by atoms with Crippen LogP contribution in [0.3, 0.4) is 0 Å². The average molecular weight is 420 g/mol. The molecular formula is C24H24N2O5. The van der Waals surface area contributed by atoms with Crippen molar-refractivity contribution in [2.24, 2.45) is 0 Å². The number of hydrogen-bond donors (Lipinski definition) is 3. The van der Waals surface area contributed by atoms with Gasteiger partial charge in [-0.1, -0.05) is 42.5 Å². The van der Waals surface area contributed by atoms with Gasteiger partial charge < -0.3 is 20.5 Å². The number of Topliss-reactive ketones (excluding diaryl/α,β-unsaturated/α-hetero) is 1. The molecule has 7 nitrogen and oxygen atoms in total. The fraction of sp³-hybridized carbons (Fsp3) is 0.208. The number of nitrogens with one attached hydrogen (secondary N) is 2. The van der Waals surface area contributed by atoms with Gasteiger partial charge in [-0.25, -0.2) is 0 Å². The quantitative estimate of drug-likeness (QED) is 0.588. The second-order valence-electron chi connectivity index (χ2n) is 7.05. The molecule has 3 N–H and O–H groups in total. The van der Waals surface area contributed by atoms with Crippen molar-refractivity contribution in [3.05, 3.63) is 83.1 Å². The number of rotatable bonds is 7. The molecule has 0 aromatic heterocycles. The SMILES string of the molecule is COCC(=O)Nc1cccc(/C=C/CC(=O)C2=CC(O)C3=C(C=CC=CC3)NC2=O)c1. The number of amides is 2. The van der Waals surface area contributed by atoms with Crippen molar-refractivity contribution in [2.45, 2.75) is 18.9 Å². The molecule has 3 rings (SSSR count). The van der Waals surface area contributed by atoms with Crippen molar-refractivity contribution < 1.29 is 24.2 Å². The Hall–Kier alpha value is -3.55. The summed E-state index contributed by atoms with van der Waals surface area (Å²) in [5, 5.41) is 15.9. The molecule has 0 radical (unpaired) electrons. The summed E-state index contributed by atoms with van der Waals surface area (Å²) in [7, 11) is 1.44. The summed E-state index contributed by atoms with van der Waals surface area (Å²) in [6, 6.07) is 7.12. The van der Waals surface area contributed by atoms with Crippen LogP contribution in [0.2, 0.25) is 0 Å². The summed E-state index contributed by atoms with van der Waals surface area (Å²) < 4.78 is 4.79. The molecule has 1 aromatic rings. The van der Waals surface area contributed by atoms with Crippen LogP contribution in [-0.2, 0) is 19.1 Å². The summed E-state index contributed by atoms with van der Waals surface area (Å²) in [5.41, 5.74) is 2.49. The highest BCUT2D eigenvalue weighted by atomic mass is 16.5. The molecule has 1 aliphatic carbocycles. The summed E-state index contributed by atoms with van der Waals surface area (Å²) in [5.74, 6) is -1.19. The highest BCUT2D eigenvalue weighted by Crippen LogP contribution is 2.23. The van der Waals surface area contributed by atoms with Gasteiger partial charge in [-0.05, 0) is 41.8 Å². The van der Waals surface area contributed by atoms with Crippen molar-refractivity contribution in [3.63, 3.8) is 0 Å². The van der Waals surface area contributed by atoms with E-state index in [0.29, 0.717) is 23.4 Å². The number of carbonyl (C=O) groups is 3. The maximum absolute atomic E-state index is 12.6. The third kappa shape index (κ3) is 5.97. The predicted molar refractivity (Wildman–Crippen MR) is 118 cm³/mol. The first kappa shape index (κ1) is 22.1. The number of ketones is 1. The van der Waals surface area contributed by atoms with Crippen LogP contribution in [0.15, 0.2) is 77.6 Å². The molecule has 1 aliphatic heterocycles. The van der Waals surface area contributed by atoms with E-state index >= 15 is 0 Å². The lowest BCUT2D eigenvalue weighted by Crippen LogP contribution is -2.26. The summed E-state index contributed by atoms with van der Waals surface area (Å²) in [6.07, 6.45) is 11.3. The molecule has 0 bridgehead atoms. The average Bonchev–Trinajstić information content (AvgIpc) is 3.03. The Labute approximate surface area is 180 Å². The first-order chi connectivity index (χ1) is 15.0. The van der Waals surface area contributed by atoms with Gasteiger partial charge in [0.15, 0.2) is 5.78 Å². The third-order valence-corrected chi connectivity index (χ3v) is 4.73. The number of hydrogen-bond acceptors (Lipinski definition) is 5. The molecule has 31 heavy (non-hydrogen) atoms. The zero-order chi connectivity index (χ0) is 22.2. The number of aliphatic hydroxyl groups is 1. The second-order valence-corrected chi connectivity index (χ2v) is 7.05. The lowest BCUT2D eigenvalue weighted by atomic mass is 10.0. The Morgan fingerprint density at radius 1 is 1.32 bits per heavy atom. The Bertz CT molecular complexity index is 1030. The normalized spacial score (nSPS) is 18.2. The molecule has 2 aliphatic rings. The number of benzene rings is 1. The van der Waals surface area contributed by atoms with Crippen molar-refractivity contribution >= 4 is 29.4 Å². The van der Waals surface area contributed by atoms with E-state index in [4.69, 9.17) is 4.74 Å². The van der Waals surface area contributed by atoms with Gasteiger partial charge >= 0.3 is 0 Å². The smallest absolute Gasteiger partial charge is 0.259 e. The van der Waals surface area contributed by atoms with E-state index in [-0.39, 0.29) is 24.5 Å². The maximum Gasteiger partial charge on any atom is 0.259 e. The number of carbonyl (C=O) groups excluding carboxylic acids is 3. The van der Waals surface area contributed by atoms with Crippen LogP contribution in [0.25, 0.3) is 6.08 Å². The molecule has 7 heteroatoms. The van der Waals surface area contributed by atoms with Gasteiger partial charge in [-0.15, -0.1) is 0 Å². The van der Waals surface area contributed by atoms with E-state index in [1.165, 1.54) is 13.2 Å². The van der Waals surface area contributed by atoms with E-state index in [0.717, 1.165) is 5.56 Å². The number of anilines is 1. The third-order valence-electron chi connectivity index (χ3n) is 4.73. The first-order valence-electron chi connectivity index (χ1n) is 9.84. The molecular weight excluding hydrogens is 396 g/mol. The topological polar surface area (TPSA) is 105 Å². The van der Waals surface area contributed by atoms with Crippen LogP contribution in [-0.4, -0.2) is 42.5 Å². The first-order valence-corrected chi connectivity index (χ1v) is 9.84. The molecule has 1 unspecified atom stereocenters. The van der Waals surface area contributed by atoms with Crippen LogP contribution in [0.4, 0.5) is 5.69 Å². The lowest BCUT2D eigenvalue weighted by molar-refractivity contribution is -0.122. The Kier molecular flexibility index (Phi) is 7.48. The molecule has 160 valence electrons. The van der Waals surface area contributed by atoms with Crippen LogP contribution >= 0.6 is 0 Å². The fourth-order valence-electron chi connectivity index (χ4n) is 3.25. The minimum atomic E-state index is -1.02. The van der Waals surface area contributed by atoms with Crippen LogP contribution < -0.4 is 10.6 Å². The summed E-state index contributed by atoms with van der Waals surface area (Å²) in [6.45, 7) is -0.0397. The molecule has 0 fully saturated rings. The zero-order valence-electron chi connectivity index (χ0n) is 17.1. The van der Waals surface area contributed by atoms with Crippen LogP contribution in [0, 0.1) is 0 Å². The van der Waals surface area contributed by atoms with E-state index < -0.39 is 17.8 Å². The van der Waals surface area contributed by atoms with Gasteiger partial charge in [-0.2, -0.15) is 0 Å². The fourth-order valence-corrected chi connectivity index (χ4v) is 3.25. The standard InChI is InChI=1S/C24H24N2O5/c1-31-15-23(29)25-17-9-5-7-16(13-17)8-6-12-21(27)19-14-22(28)18-10-3-2-4-11-20(18)26-24(19)30/h2-9,11,13-14,22,28H,10,12,15H2,1H3,(H,25,29)(H,26,30)/b8-6+. The van der Waals surface area contributed by atoms with Gasteiger partial charge in [-0.3, -0.25) is 14.4 Å². The van der Waals surface area contributed by atoms with E-state index in [1.54, 1.807) is 42.5 Å². The van der Waals surface area contributed by atoms with Gasteiger partial charge in [0.2, 0.25) is 5.91 Å². The lowest BCUT2D eigenvalue weighted by Gasteiger charge is -2.11. The molecule has 0 spiro atoms. The highest BCUT2D eigenvalue weighted by Gasteiger charge is 2.26. The largest absolute Gasteiger partial charge is 0.384 e. The van der Waals surface area contributed by atoms with Crippen LogP contribution in [0.1, 0.15) is 18.4 Å². The number of methoxy groups -OCH3 is 1. The Morgan fingerprint density at radius 2 is 2.16 bits per heavy atom. The molecule has 0 saturated carbocycles. The number of aliphatic hydroxyl groups excluding tert-OH is 1. The predicted octanol–water partition coefficient (Wildman–Crippen LogP) is 2.43. The van der Waals surface area contributed by atoms with Gasteiger partial charge in [0, 0.05) is 24.9 Å². The molecule has 0 saturated heterocycles. The van der Waals surface area contributed by atoms with Gasteiger partial charge in [0.1, 0.15) is 6.61 Å². The molecule has 1 heterocycles. The van der Waals surface area contributed by atoms with Crippen molar-refractivity contribution in [1.29, 1.82) is 0 Å². The molecule has 2 amide bonds. The van der Waals surface area contributed by atoms with Crippen molar-refractivity contribution in [1.82, 2.24) is 5.32 Å². The van der Waals surface area contributed by atoms with Crippen molar-refractivity contribution in [2.75, 3.05) is 19.0 Å². The maximum atomic E-state index is 12.6. The minimum Gasteiger partial charge on any atom is -0.384 e. The van der Waals surface area contributed by atoms with Crippen LogP contribution in [0.5, 0.6) is 0 Å². The minimum absolute atomic E-state index is 0.00730. The monoisotopic (exact) mass is 420 g/mol. The van der Waals surface area contributed by atoms with E-state index in [2.05, 4.69) is 10.6 Å². The van der Waals surface area contributed by atoms with Gasteiger partial charge in [0.25, 0.3) is 5.91 Å². The van der Waals surface area contributed by atoms with E-state index in [1.807, 2.05) is 18.2 Å². The second kappa shape index (κ2) is 10.5. The Morgan fingerprint density at radius 3 is 2.97 bits per heavy atom. The van der Waals surface area contributed by atoms with Crippen molar-refractivity contribution in [3.8, 4) is 0 Å². The molecule has 1 atom stereocenters. The van der Waals surface area contributed by atoms with E-state index in [9.17, 15) is 19.5 Å². The Balaban J connectivity index is 1.65. The molecule has 1 aromatic carbocycles. The number of allylic oxidation sites excluding steroid dienone is 5. The summed E-state index contributed by atoms with van der Waals surface area (Å²) >= 11 is 0. The number of ether oxygens (including phenoxy) is 1. The highest BCUT2D eigenvalue weighted by molar-refractivity contribution is 6.20. The summed E-state index contributed by atoms with van der Waals surface area (Å²) in [4.78, 5) is 36.8. The van der Waals surface area contributed by atoms with Gasteiger partial charge in [0.05, 0.1) is 11.7 Å². The zero-order valence-corrected chi connectivity index (χ0v) is 17.1.